The zero-order chi connectivity index (χ0) is 19.5. The monoisotopic (exact) mass is 376 g/mol. The second-order valence-electron chi connectivity index (χ2n) is 5.01. The zero-order valence-corrected chi connectivity index (χ0v) is 12.8. The Bertz CT molecular complexity index is 851. The summed E-state index contributed by atoms with van der Waals surface area (Å²) in [5.41, 5.74) is -0.747. The van der Waals surface area contributed by atoms with E-state index in [0.29, 0.717) is 6.07 Å². The predicted octanol–water partition coefficient (Wildman–Crippen LogP) is 3.53. The Balaban J connectivity index is 2.19. The van der Waals surface area contributed by atoms with E-state index in [-0.39, 0.29) is 11.3 Å². The normalized spacial score (nSPS) is 11.2. The van der Waals surface area contributed by atoms with E-state index in [4.69, 9.17) is 0 Å². The molecule has 0 saturated heterocycles. The van der Waals surface area contributed by atoms with E-state index in [1.807, 2.05) is 0 Å². The van der Waals surface area contributed by atoms with Crippen molar-refractivity contribution < 1.29 is 35.9 Å². The van der Waals surface area contributed by atoms with Gasteiger partial charge in [-0.25, -0.2) is 13.2 Å². The molecule has 0 aromatic heterocycles. The maximum Gasteiger partial charge on any atom is 0.471 e. The summed E-state index contributed by atoms with van der Waals surface area (Å²) in [7, 11) is 0. The summed E-state index contributed by atoms with van der Waals surface area (Å²) in [6.07, 6.45) is -5.08. The minimum absolute atomic E-state index is 0.0379. The van der Waals surface area contributed by atoms with Crippen molar-refractivity contribution in [2.45, 2.75) is 12.7 Å². The van der Waals surface area contributed by atoms with Crippen molar-refractivity contribution >= 4 is 17.5 Å². The van der Waals surface area contributed by atoms with E-state index < -0.39 is 47.6 Å². The summed E-state index contributed by atoms with van der Waals surface area (Å²) in [6, 6.07) is 6.73. The summed E-state index contributed by atoms with van der Waals surface area (Å²) in [4.78, 5) is 22.9. The summed E-state index contributed by atoms with van der Waals surface area (Å²) in [5.74, 6) is -8.33. The maximum absolute atomic E-state index is 13.6. The maximum atomic E-state index is 13.6. The van der Waals surface area contributed by atoms with Crippen molar-refractivity contribution in [2.75, 3.05) is 5.32 Å². The predicted molar refractivity (Wildman–Crippen MR) is 78.6 cm³/mol. The number of rotatable bonds is 4. The van der Waals surface area contributed by atoms with Crippen molar-refractivity contribution in [1.29, 1.82) is 0 Å². The number of alkyl halides is 3. The molecule has 0 aliphatic rings. The number of benzene rings is 2. The molecule has 10 heteroatoms. The first-order valence-corrected chi connectivity index (χ1v) is 6.99. The van der Waals surface area contributed by atoms with Gasteiger partial charge in [0.25, 0.3) is 5.91 Å². The third-order valence-corrected chi connectivity index (χ3v) is 3.24. The molecule has 138 valence electrons. The molecule has 0 aliphatic heterocycles. The average molecular weight is 376 g/mol. The van der Waals surface area contributed by atoms with Crippen LogP contribution in [0.5, 0.6) is 0 Å². The molecular formula is C16H10F6N2O2. The smallest absolute Gasteiger partial charge is 0.344 e. The SMILES string of the molecule is O=C(Nc1ccccc1CNC(=O)C(F)(F)F)c1ccc(F)c(F)c1F. The number of amides is 2. The van der Waals surface area contributed by atoms with Gasteiger partial charge in [0.05, 0.1) is 5.56 Å². The molecular weight excluding hydrogens is 366 g/mol. The largest absolute Gasteiger partial charge is 0.471 e. The minimum Gasteiger partial charge on any atom is -0.344 e. The molecule has 0 aliphatic carbocycles. The van der Waals surface area contributed by atoms with Crippen molar-refractivity contribution in [3.63, 3.8) is 0 Å². The lowest BCUT2D eigenvalue weighted by molar-refractivity contribution is -0.173. The van der Waals surface area contributed by atoms with Crippen LogP contribution in [0.25, 0.3) is 0 Å². The molecule has 0 heterocycles. The highest BCUT2D eigenvalue weighted by Gasteiger charge is 2.38. The van der Waals surface area contributed by atoms with Crippen LogP contribution in [0.3, 0.4) is 0 Å². The third-order valence-electron chi connectivity index (χ3n) is 3.24. The molecule has 2 amide bonds. The van der Waals surface area contributed by atoms with E-state index in [2.05, 4.69) is 5.32 Å². The standard InChI is InChI=1S/C16H10F6N2O2/c17-10-6-5-9(12(18)13(10)19)14(25)24-11-4-2-1-3-8(11)7-23-15(26)16(20,21)22/h1-6H,7H2,(H,23,26)(H,24,25). The molecule has 26 heavy (non-hydrogen) atoms. The van der Waals surface area contributed by atoms with Gasteiger partial charge in [-0.05, 0) is 23.8 Å². The summed E-state index contributed by atoms with van der Waals surface area (Å²) >= 11 is 0. The molecule has 2 rings (SSSR count). The van der Waals surface area contributed by atoms with Gasteiger partial charge in [0.2, 0.25) is 0 Å². The Morgan fingerprint density at radius 3 is 2.23 bits per heavy atom. The Labute approximate surface area is 142 Å². The summed E-state index contributed by atoms with van der Waals surface area (Å²) in [5, 5.41) is 3.80. The van der Waals surface area contributed by atoms with Gasteiger partial charge in [-0.3, -0.25) is 9.59 Å². The molecule has 0 bridgehead atoms. The number of hydrogen-bond acceptors (Lipinski definition) is 2. The van der Waals surface area contributed by atoms with E-state index >= 15 is 0 Å². The van der Waals surface area contributed by atoms with Crippen LogP contribution in [0.2, 0.25) is 0 Å². The van der Waals surface area contributed by atoms with Gasteiger partial charge < -0.3 is 10.6 Å². The Hall–Kier alpha value is -3.04. The van der Waals surface area contributed by atoms with Crippen LogP contribution < -0.4 is 10.6 Å². The second kappa shape index (κ2) is 7.46. The number of carbonyl (C=O) groups excluding carboxylic acids is 2. The molecule has 2 N–H and O–H groups in total. The fraction of sp³-hybridized carbons (Fsp3) is 0.125. The lowest BCUT2D eigenvalue weighted by Crippen LogP contribution is -2.36. The molecule has 4 nitrogen and oxygen atoms in total. The number of nitrogens with one attached hydrogen (secondary N) is 2. The van der Waals surface area contributed by atoms with Gasteiger partial charge in [0.1, 0.15) is 0 Å². The lowest BCUT2D eigenvalue weighted by atomic mass is 10.1. The van der Waals surface area contributed by atoms with Gasteiger partial charge >= 0.3 is 12.1 Å². The molecule has 0 saturated carbocycles. The minimum atomic E-state index is -5.08. The Morgan fingerprint density at radius 1 is 0.923 bits per heavy atom. The van der Waals surface area contributed by atoms with Gasteiger partial charge in [-0.1, -0.05) is 18.2 Å². The quantitative estimate of drug-likeness (QED) is 0.634. The highest BCUT2D eigenvalue weighted by molar-refractivity contribution is 6.04. The van der Waals surface area contributed by atoms with E-state index in [1.165, 1.54) is 24.3 Å². The first-order chi connectivity index (χ1) is 12.1. The van der Waals surface area contributed by atoms with E-state index in [0.717, 1.165) is 6.07 Å². The lowest BCUT2D eigenvalue weighted by Gasteiger charge is -2.13. The van der Waals surface area contributed by atoms with Crippen molar-refractivity contribution in [3.8, 4) is 0 Å². The highest BCUT2D eigenvalue weighted by Crippen LogP contribution is 2.20. The molecule has 0 spiro atoms. The van der Waals surface area contributed by atoms with Crippen LogP contribution in [0.4, 0.5) is 32.0 Å². The number of para-hydroxylation sites is 1. The first kappa shape index (κ1) is 19.3. The number of anilines is 1. The zero-order valence-electron chi connectivity index (χ0n) is 12.8. The Kier molecular flexibility index (Phi) is 5.53. The molecule has 0 atom stereocenters. The number of carbonyl (C=O) groups is 2. The topological polar surface area (TPSA) is 58.2 Å². The Morgan fingerprint density at radius 2 is 1.58 bits per heavy atom. The van der Waals surface area contributed by atoms with E-state index in [9.17, 15) is 35.9 Å². The van der Waals surface area contributed by atoms with Crippen LogP contribution in [-0.2, 0) is 11.3 Å². The van der Waals surface area contributed by atoms with Crippen molar-refractivity contribution in [3.05, 3.63) is 65.0 Å². The van der Waals surface area contributed by atoms with Crippen molar-refractivity contribution in [2.24, 2.45) is 0 Å². The number of hydrogen-bond donors (Lipinski definition) is 2. The van der Waals surface area contributed by atoms with Gasteiger partial charge in [-0.15, -0.1) is 0 Å². The fourth-order valence-electron chi connectivity index (χ4n) is 1.96. The van der Waals surface area contributed by atoms with Crippen LogP contribution >= 0.6 is 0 Å². The van der Waals surface area contributed by atoms with Gasteiger partial charge in [0, 0.05) is 12.2 Å². The van der Waals surface area contributed by atoms with Crippen LogP contribution in [-0.4, -0.2) is 18.0 Å². The van der Waals surface area contributed by atoms with Gasteiger partial charge in [-0.2, -0.15) is 13.2 Å². The second-order valence-corrected chi connectivity index (χ2v) is 5.01. The fourth-order valence-corrected chi connectivity index (χ4v) is 1.96. The van der Waals surface area contributed by atoms with Gasteiger partial charge in [0.15, 0.2) is 17.5 Å². The van der Waals surface area contributed by atoms with Crippen molar-refractivity contribution in [1.82, 2.24) is 5.32 Å². The highest BCUT2D eigenvalue weighted by atomic mass is 19.4. The van der Waals surface area contributed by atoms with Crippen LogP contribution in [0, 0.1) is 17.5 Å². The van der Waals surface area contributed by atoms with E-state index in [1.54, 1.807) is 5.32 Å². The third kappa shape index (κ3) is 4.32. The van der Waals surface area contributed by atoms with Crippen LogP contribution in [0.15, 0.2) is 36.4 Å². The summed E-state index contributed by atoms with van der Waals surface area (Å²) in [6.45, 7) is -0.574. The summed E-state index contributed by atoms with van der Waals surface area (Å²) < 4.78 is 76.4. The molecule has 0 fully saturated rings. The molecule has 0 radical (unpaired) electrons. The number of halogens is 6. The average Bonchev–Trinajstić information content (AvgIpc) is 2.57. The molecule has 0 unspecified atom stereocenters. The first-order valence-electron chi connectivity index (χ1n) is 6.99. The molecule has 2 aromatic rings. The molecule has 2 aromatic carbocycles. The van der Waals surface area contributed by atoms with Crippen LogP contribution in [0.1, 0.15) is 15.9 Å².